The Hall–Kier alpha value is -5.59. The van der Waals surface area contributed by atoms with Crippen LogP contribution < -0.4 is 41.9 Å². The molecule has 0 fully saturated rings. The summed E-state index contributed by atoms with van der Waals surface area (Å²) in [6.07, 6.45) is -8.53. The molecule has 0 spiro atoms. The van der Waals surface area contributed by atoms with Gasteiger partial charge in [0.25, 0.3) is 0 Å². The number of nitrogens with two attached hydrogens (primary N) is 4. The quantitative estimate of drug-likeness (QED) is 0.233. The third kappa shape index (κ3) is 8.78. The first kappa shape index (κ1) is 29.6. The lowest BCUT2D eigenvalue weighted by Crippen LogP contribution is -2.27. The number of benzene rings is 2. The third-order valence-corrected chi connectivity index (χ3v) is 4.37. The highest BCUT2D eigenvalue weighted by molar-refractivity contribution is 5.83. The molecule has 16 nitrogen and oxygen atoms in total. The highest BCUT2D eigenvalue weighted by atomic mass is 16.7. The summed E-state index contributed by atoms with van der Waals surface area (Å²) in [5, 5.41) is 9.59. The van der Waals surface area contributed by atoms with Gasteiger partial charge in [0.15, 0.2) is 23.0 Å². The van der Waals surface area contributed by atoms with Crippen molar-refractivity contribution in [1.29, 1.82) is 5.26 Å². The van der Waals surface area contributed by atoms with Gasteiger partial charge in [-0.25, -0.2) is 19.2 Å². The van der Waals surface area contributed by atoms with E-state index in [0.29, 0.717) is 0 Å². The lowest BCUT2D eigenvalue weighted by atomic mass is 9.99. The fourth-order valence-electron chi connectivity index (χ4n) is 3.19. The van der Waals surface area contributed by atoms with Gasteiger partial charge in [-0.1, -0.05) is 12.1 Å². The van der Waals surface area contributed by atoms with Crippen molar-refractivity contribution in [2.24, 2.45) is 22.9 Å². The summed E-state index contributed by atoms with van der Waals surface area (Å²) in [5.74, 6) is -0.776. The van der Waals surface area contributed by atoms with Crippen molar-refractivity contribution in [3.05, 3.63) is 35.9 Å². The molecule has 2 rings (SSSR count). The summed E-state index contributed by atoms with van der Waals surface area (Å²) in [7, 11) is 0. The monoisotopic (exact) mass is 547 g/mol. The molecule has 39 heavy (non-hydrogen) atoms. The topological polar surface area (TPSA) is 261 Å². The van der Waals surface area contributed by atoms with Crippen molar-refractivity contribution < 1.29 is 52.3 Å². The normalized spacial score (nSPS) is 12.5. The maximum Gasteiger partial charge on any atom is 0.410 e. The third-order valence-electron chi connectivity index (χ3n) is 4.37. The number of primary amides is 4. The van der Waals surface area contributed by atoms with Crippen molar-refractivity contribution in [2.75, 3.05) is 0 Å². The Labute approximate surface area is 221 Å². The van der Waals surface area contributed by atoms with E-state index in [1.54, 1.807) is 0 Å². The van der Waals surface area contributed by atoms with Crippen LogP contribution >= 0.6 is 0 Å². The number of rotatable bonds is 11. The largest absolute Gasteiger partial charge is 0.451 e. The average Bonchev–Trinajstić information content (AvgIpc) is 2.79. The van der Waals surface area contributed by atoms with Crippen LogP contribution in [0, 0.1) is 11.3 Å². The Morgan fingerprint density at radius 3 is 1.64 bits per heavy atom. The van der Waals surface area contributed by atoms with Crippen LogP contribution in [0.4, 0.5) is 19.2 Å². The molecule has 0 bridgehead atoms. The molecule has 0 aliphatic rings. The van der Waals surface area contributed by atoms with Crippen LogP contribution in [0.2, 0.25) is 0 Å². The van der Waals surface area contributed by atoms with Crippen molar-refractivity contribution in [3.8, 4) is 40.2 Å². The fourth-order valence-corrected chi connectivity index (χ4v) is 3.19. The Morgan fingerprint density at radius 2 is 1.18 bits per heavy atom. The summed E-state index contributed by atoms with van der Waals surface area (Å²) >= 11 is 0. The Morgan fingerprint density at radius 1 is 0.692 bits per heavy atom. The van der Waals surface area contributed by atoms with Gasteiger partial charge in [-0.15, -0.1) is 0 Å². The highest BCUT2D eigenvalue weighted by Gasteiger charge is 2.26. The molecule has 2 aromatic carbocycles. The van der Waals surface area contributed by atoms with Gasteiger partial charge in [0.05, 0.1) is 11.6 Å². The summed E-state index contributed by atoms with van der Waals surface area (Å²) in [6, 6.07) is 8.71. The molecule has 8 N–H and O–H groups in total. The minimum atomic E-state index is -1.32. The molecule has 208 valence electrons. The summed E-state index contributed by atoms with van der Waals surface area (Å²) in [5.41, 5.74) is 20.5. The molecule has 0 saturated carbocycles. The van der Waals surface area contributed by atoms with Gasteiger partial charge in [-0.3, -0.25) is 0 Å². The average molecular weight is 547 g/mol. The van der Waals surface area contributed by atoms with Crippen LogP contribution in [0.25, 0.3) is 11.1 Å². The van der Waals surface area contributed by atoms with Gasteiger partial charge in [0.1, 0.15) is 0 Å². The van der Waals surface area contributed by atoms with E-state index in [4.69, 9.17) is 56.1 Å². The van der Waals surface area contributed by atoms with E-state index in [0.717, 1.165) is 6.07 Å². The molecule has 0 radical (unpaired) electrons. The first-order chi connectivity index (χ1) is 18.3. The maximum atomic E-state index is 11.6. The van der Waals surface area contributed by atoms with E-state index in [2.05, 4.69) is 0 Å². The molecule has 16 heteroatoms. The number of nitriles is 1. The second-order valence-corrected chi connectivity index (χ2v) is 7.38. The minimum absolute atomic E-state index is 0.0267. The lowest BCUT2D eigenvalue weighted by molar-refractivity contribution is -0.0316. The second-order valence-electron chi connectivity index (χ2n) is 7.38. The first-order valence-electron chi connectivity index (χ1n) is 10.9. The Bertz CT molecular complexity index is 1290. The van der Waals surface area contributed by atoms with E-state index in [1.807, 2.05) is 6.07 Å². The summed E-state index contributed by atoms with van der Waals surface area (Å²) < 4.78 is 36.6. The van der Waals surface area contributed by atoms with Gasteiger partial charge >= 0.3 is 24.4 Å². The molecular formula is C23H25N5O11. The van der Waals surface area contributed by atoms with Crippen LogP contribution in [0.3, 0.4) is 0 Å². The number of nitrogens with zero attached hydrogens (tertiary/aromatic N) is 1. The zero-order chi connectivity index (χ0) is 29.3. The number of hydrogen-bond donors (Lipinski definition) is 4. The number of carbonyl (C=O) groups excluding carboxylic acids is 4. The molecule has 0 aromatic heterocycles. The number of ether oxygens (including phenoxy) is 7. The van der Waals surface area contributed by atoms with E-state index >= 15 is 0 Å². The highest BCUT2D eigenvalue weighted by Crippen LogP contribution is 2.47. The van der Waals surface area contributed by atoms with Gasteiger partial charge in [0.2, 0.25) is 18.9 Å². The van der Waals surface area contributed by atoms with Crippen molar-refractivity contribution >= 4 is 24.4 Å². The molecule has 0 saturated heterocycles. The first-order valence-corrected chi connectivity index (χ1v) is 10.9. The summed E-state index contributed by atoms with van der Waals surface area (Å²) in [6.45, 7) is 4.00. The Balaban J connectivity index is 2.82. The molecule has 3 unspecified atom stereocenters. The predicted octanol–water partition coefficient (Wildman–Crippen LogP) is 2.14. The fraction of sp³-hybridized carbons (Fsp3) is 0.261. The lowest BCUT2D eigenvalue weighted by Gasteiger charge is -2.24. The van der Waals surface area contributed by atoms with Crippen molar-refractivity contribution in [3.63, 3.8) is 0 Å². The smallest absolute Gasteiger partial charge is 0.410 e. The van der Waals surface area contributed by atoms with E-state index < -0.39 is 43.2 Å². The molecule has 4 amide bonds. The van der Waals surface area contributed by atoms with Crippen molar-refractivity contribution in [1.82, 2.24) is 0 Å². The summed E-state index contributed by atoms with van der Waals surface area (Å²) in [4.78, 5) is 45.3. The van der Waals surface area contributed by atoms with E-state index in [1.165, 1.54) is 45.0 Å². The van der Waals surface area contributed by atoms with Crippen LogP contribution in [-0.4, -0.2) is 43.2 Å². The van der Waals surface area contributed by atoms with Crippen LogP contribution in [0.1, 0.15) is 26.3 Å². The zero-order valence-electron chi connectivity index (χ0n) is 20.9. The molecule has 0 heterocycles. The predicted molar refractivity (Wildman–Crippen MR) is 129 cm³/mol. The van der Waals surface area contributed by atoms with Gasteiger partial charge < -0.3 is 56.1 Å². The standard InChI is InChI=1S/C23H25N5O11/c1-10(36-20(25)29)33-16-6-4-5-14(18(16)34-11(2)37-21(26)30)15-7-13(9-24)8-17(39-23(28)32)19(15)35-12(3)38-22(27)31/h4-8,10-12H,1-3H3,(H2,25,29)(H2,26,30)(H2,27,31)(H2,28,32). The number of amides is 4. The van der Waals surface area contributed by atoms with Crippen LogP contribution in [0.15, 0.2) is 30.3 Å². The number of carbonyl (C=O) groups is 4. The minimum Gasteiger partial charge on any atom is -0.451 e. The molecule has 2 aromatic rings. The van der Waals surface area contributed by atoms with E-state index in [9.17, 15) is 24.4 Å². The van der Waals surface area contributed by atoms with Crippen LogP contribution in [0.5, 0.6) is 23.0 Å². The number of hydrogen-bond acceptors (Lipinski definition) is 12. The maximum absolute atomic E-state index is 11.6. The molecular weight excluding hydrogens is 522 g/mol. The molecule has 0 aliphatic carbocycles. The van der Waals surface area contributed by atoms with Crippen molar-refractivity contribution in [2.45, 2.75) is 39.6 Å². The molecule has 3 atom stereocenters. The second kappa shape index (κ2) is 13.1. The van der Waals surface area contributed by atoms with E-state index in [-0.39, 0.29) is 39.7 Å². The van der Waals surface area contributed by atoms with Gasteiger partial charge in [-0.2, -0.15) is 5.26 Å². The Kier molecular flexibility index (Phi) is 9.95. The number of para-hydroxylation sites is 1. The zero-order valence-corrected chi connectivity index (χ0v) is 20.9. The van der Waals surface area contributed by atoms with Crippen LogP contribution in [-0.2, 0) is 14.2 Å². The molecule has 0 aliphatic heterocycles. The van der Waals surface area contributed by atoms with Gasteiger partial charge in [0, 0.05) is 38.0 Å². The SMILES string of the molecule is CC(OC(N)=O)Oc1cccc(-c2cc(C#N)cc(OC(N)=O)c2OC(C)OC(N)=O)c1OC(C)OC(N)=O. The van der Waals surface area contributed by atoms with Gasteiger partial charge in [-0.05, 0) is 12.1 Å².